The van der Waals surface area contributed by atoms with Crippen LogP contribution in [0.4, 0.5) is 11.4 Å². The van der Waals surface area contributed by atoms with Crippen LogP contribution in [0.15, 0.2) is 53.9 Å². The molecule has 7 heteroatoms. The molecule has 3 rings (SSSR count). The van der Waals surface area contributed by atoms with Crippen molar-refractivity contribution in [1.82, 2.24) is 9.55 Å². The largest absolute Gasteiger partial charge is 0.325 e. The van der Waals surface area contributed by atoms with Crippen molar-refractivity contribution in [3.63, 3.8) is 0 Å². The normalized spacial score (nSPS) is 10.6. The minimum Gasteiger partial charge on any atom is -0.325 e. The maximum atomic E-state index is 12.5. The van der Waals surface area contributed by atoms with Crippen molar-refractivity contribution in [3.05, 3.63) is 65.5 Å². The van der Waals surface area contributed by atoms with Crippen LogP contribution < -0.4 is 10.6 Å². The average Bonchev–Trinajstić information content (AvgIpc) is 3.12. The molecule has 0 saturated heterocycles. The fourth-order valence-corrected chi connectivity index (χ4v) is 3.72. The molecule has 2 amide bonds. The highest BCUT2D eigenvalue weighted by atomic mass is 32.2. The maximum Gasteiger partial charge on any atom is 0.234 e. The van der Waals surface area contributed by atoms with Gasteiger partial charge in [0.15, 0.2) is 5.16 Å². The molecule has 6 nitrogen and oxygen atoms in total. The standard InChI is InChI=1S/C22H24N4O2S/c1-14-8-9-18(24-17(4)27)19(12-14)25-21(28)13-29-22-23-10-11-26(22)20-7-5-6-15(2)16(20)3/h5-12H,13H2,1-4H3,(H,24,27)(H,25,28). The summed E-state index contributed by atoms with van der Waals surface area (Å²) in [6.45, 7) is 7.52. The molecule has 150 valence electrons. The van der Waals surface area contributed by atoms with Gasteiger partial charge in [0.05, 0.1) is 22.8 Å². The second-order valence-corrected chi connectivity index (χ2v) is 7.81. The van der Waals surface area contributed by atoms with Gasteiger partial charge in [0.2, 0.25) is 11.8 Å². The number of amides is 2. The van der Waals surface area contributed by atoms with Crippen LogP contribution in [0.2, 0.25) is 0 Å². The Hall–Kier alpha value is -3.06. The van der Waals surface area contributed by atoms with E-state index in [1.54, 1.807) is 12.3 Å². The van der Waals surface area contributed by atoms with Crippen LogP contribution in [0.3, 0.4) is 0 Å². The Morgan fingerprint density at radius 2 is 1.86 bits per heavy atom. The van der Waals surface area contributed by atoms with E-state index in [0.717, 1.165) is 16.4 Å². The Morgan fingerprint density at radius 3 is 2.62 bits per heavy atom. The summed E-state index contributed by atoms with van der Waals surface area (Å²) in [5.41, 5.74) is 5.60. The van der Waals surface area contributed by atoms with Gasteiger partial charge in [-0.1, -0.05) is 30.0 Å². The Morgan fingerprint density at radius 1 is 1.07 bits per heavy atom. The lowest BCUT2D eigenvalue weighted by Crippen LogP contribution is -2.17. The molecule has 2 N–H and O–H groups in total. The van der Waals surface area contributed by atoms with Gasteiger partial charge in [-0.05, 0) is 55.7 Å². The molecule has 3 aromatic rings. The molecule has 0 aliphatic heterocycles. The molecule has 1 heterocycles. The molecular weight excluding hydrogens is 384 g/mol. The third-order valence-corrected chi connectivity index (χ3v) is 5.50. The lowest BCUT2D eigenvalue weighted by molar-refractivity contribution is -0.115. The third kappa shape index (κ3) is 5.06. The van der Waals surface area contributed by atoms with Gasteiger partial charge in [-0.2, -0.15) is 0 Å². The molecule has 0 atom stereocenters. The first-order valence-corrected chi connectivity index (χ1v) is 10.2. The Bertz CT molecular complexity index is 1060. The maximum absolute atomic E-state index is 12.5. The van der Waals surface area contributed by atoms with Crippen molar-refractivity contribution in [1.29, 1.82) is 0 Å². The molecule has 0 aliphatic carbocycles. The predicted octanol–water partition coefficient (Wildman–Crippen LogP) is 4.49. The summed E-state index contributed by atoms with van der Waals surface area (Å²) in [7, 11) is 0. The molecule has 0 fully saturated rings. The van der Waals surface area contributed by atoms with Gasteiger partial charge < -0.3 is 10.6 Å². The number of thioether (sulfide) groups is 1. The fraction of sp³-hybridized carbons (Fsp3) is 0.227. The smallest absolute Gasteiger partial charge is 0.234 e. The van der Waals surface area contributed by atoms with Crippen molar-refractivity contribution in [2.24, 2.45) is 0 Å². The van der Waals surface area contributed by atoms with E-state index in [1.807, 2.05) is 42.0 Å². The van der Waals surface area contributed by atoms with Gasteiger partial charge >= 0.3 is 0 Å². The van der Waals surface area contributed by atoms with Crippen LogP contribution in [0.25, 0.3) is 5.69 Å². The SMILES string of the molecule is CC(=O)Nc1ccc(C)cc1NC(=O)CSc1nccn1-c1cccc(C)c1C. The van der Waals surface area contributed by atoms with Gasteiger partial charge in [0.25, 0.3) is 0 Å². The van der Waals surface area contributed by atoms with Crippen LogP contribution in [0.1, 0.15) is 23.6 Å². The Balaban J connectivity index is 1.72. The molecule has 2 aromatic carbocycles. The number of rotatable bonds is 6. The highest BCUT2D eigenvalue weighted by Crippen LogP contribution is 2.26. The number of imidazole rings is 1. The number of aromatic nitrogens is 2. The van der Waals surface area contributed by atoms with E-state index in [2.05, 4.69) is 35.5 Å². The minimum absolute atomic E-state index is 0.164. The first kappa shape index (κ1) is 20.7. The lowest BCUT2D eigenvalue weighted by atomic mass is 10.1. The molecule has 0 bridgehead atoms. The van der Waals surface area contributed by atoms with E-state index >= 15 is 0 Å². The third-order valence-electron chi connectivity index (χ3n) is 4.53. The van der Waals surface area contributed by atoms with Gasteiger partial charge in [0, 0.05) is 19.3 Å². The summed E-state index contributed by atoms with van der Waals surface area (Å²) in [6.07, 6.45) is 3.63. The molecule has 0 unspecified atom stereocenters. The summed E-state index contributed by atoms with van der Waals surface area (Å²) in [4.78, 5) is 28.3. The van der Waals surface area contributed by atoms with E-state index in [1.165, 1.54) is 29.8 Å². The molecule has 29 heavy (non-hydrogen) atoms. The average molecular weight is 409 g/mol. The van der Waals surface area contributed by atoms with Crippen molar-refractivity contribution in [2.75, 3.05) is 16.4 Å². The Labute approximate surface area is 174 Å². The van der Waals surface area contributed by atoms with Crippen LogP contribution in [0, 0.1) is 20.8 Å². The molecular formula is C22H24N4O2S. The number of anilines is 2. The van der Waals surface area contributed by atoms with Crippen molar-refractivity contribution < 1.29 is 9.59 Å². The molecule has 0 spiro atoms. The van der Waals surface area contributed by atoms with Crippen molar-refractivity contribution in [3.8, 4) is 5.69 Å². The van der Waals surface area contributed by atoms with Crippen LogP contribution in [0.5, 0.6) is 0 Å². The minimum atomic E-state index is -0.186. The van der Waals surface area contributed by atoms with Crippen molar-refractivity contribution in [2.45, 2.75) is 32.9 Å². The number of nitrogens with one attached hydrogen (secondary N) is 2. The summed E-state index contributed by atoms with van der Waals surface area (Å²) < 4.78 is 2.00. The highest BCUT2D eigenvalue weighted by Gasteiger charge is 2.13. The predicted molar refractivity (Wildman–Crippen MR) is 118 cm³/mol. The first-order chi connectivity index (χ1) is 13.8. The van der Waals surface area contributed by atoms with Gasteiger partial charge in [0.1, 0.15) is 0 Å². The second-order valence-electron chi connectivity index (χ2n) is 6.87. The van der Waals surface area contributed by atoms with Crippen molar-refractivity contribution >= 4 is 35.0 Å². The zero-order valence-electron chi connectivity index (χ0n) is 16.9. The number of aryl methyl sites for hydroxylation is 2. The van der Waals surface area contributed by atoms with E-state index in [-0.39, 0.29) is 17.6 Å². The zero-order valence-corrected chi connectivity index (χ0v) is 17.8. The Kier molecular flexibility index (Phi) is 6.39. The van der Waals surface area contributed by atoms with E-state index in [9.17, 15) is 9.59 Å². The van der Waals surface area contributed by atoms with Gasteiger partial charge in [-0.25, -0.2) is 4.98 Å². The topological polar surface area (TPSA) is 76.0 Å². The van der Waals surface area contributed by atoms with Crippen LogP contribution in [-0.4, -0.2) is 27.1 Å². The first-order valence-electron chi connectivity index (χ1n) is 9.26. The van der Waals surface area contributed by atoms with E-state index in [4.69, 9.17) is 0 Å². The quantitative estimate of drug-likeness (QED) is 0.590. The summed E-state index contributed by atoms with van der Waals surface area (Å²) in [5, 5.41) is 6.38. The highest BCUT2D eigenvalue weighted by molar-refractivity contribution is 7.99. The second kappa shape index (κ2) is 8.96. The number of carbonyl (C=O) groups is 2. The van der Waals surface area contributed by atoms with Gasteiger partial charge in [-0.3, -0.25) is 14.2 Å². The number of hydrogen-bond donors (Lipinski definition) is 2. The number of carbonyl (C=O) groups excluding carboxylic acids is 2. The number of benzene rings is 2. The van der Waals surface area contributed by atoms with E-state index < -0.39 is 0 Å². The summed E-state index contributed by atoms with van der Waals surface area (Å²) >= 11 is 1.37. The monoisotopic (exact) mass is 408 g/mol. The number of nitrogens with zero attached hydrogens (tertiary/aromatic N) is 2. The zero-order chi connectivity index (χ0) is 21.0. The fourth-order valence-electron chi connectivity index (χ4n) is 2.95. The lowest BCUT2D eigenvalue weighted by Gasteiger charge is -2.13. The van der Waals surface area contributed by atoms with Gasteiger partial charge in [-0.15, -0.1) is 0 Å². The molecule has 0 saturated carbocycles. The van der Waals surface area contributed by atoms with Crippen LogP contribution >= 0.6 is 11.8 Å². The number of hydrogen-bond acceptors (Lipinski definition) is 4. The molecule has 0 radical (unpaired) electrons. The molecule has 1 aromatic heterocycles. The summed E-state index contributed by atoms with van der Waals surface area (Å²) in [6, 6.07) is 11.6. The summed E-state index contributed by atoms with van der Waals surface area (Å²) in [5.74, 6) is -0.146. The molecule has 0 aliphatic rings. The van der Waals surface area contributed by atoms with E-state index in [0.29, 0.717) is 11.4 Å². The van der Waals surface area contributed by atoms with Crippen LogP contribution in [-0.2, 0) is 9.59 Å².